The second kappa shape index (κ2) is 11.7. The topological polar surface area (TPSA) is 52.6 Å². The molecule has 1 unspecified atom stereocenters. The van der Waals surface area contributed by atoms with Crippen LogP contribution in [0.3, 0.4) is 0 Å². The molecule has 146 valence electrons. The number of hydrogen-bond donors (Lipinski definition) is 0. The molecule has 0 aliphatic carbocycles. The van der Waals surface area contributed by atoms with Crippen LogP contribution in [0.4, 0.5) is 0 Å². The van der Waals surface area contributed by atoms with Crippen LogP contribution in [0.2, 0.25) is 0 Å². The van der Waals surface area contributed by atoms with E-state index in [-0.39, 0.29) is 18.0 Å². The predicted molar refractivity (Wildman–Crippen MR) is 104 cm³/mol. The lowest BCUT2D eigenvalue weighted by molar-refractivity contribution is 0.0257. The SMILES string of the molecule is CCC(CC)CCC(CC)OC(=O)c1cccc(C(=O)OCC(C)C)c1. The molecule has 0 fully saturated rings. The number of benzene rings is 1. The number of carbonyl (C=O) groups is 2. The highest BCUT2D eigenvalue weighted by molar-refractivity contribution is 5.95. The van der Waals surface area contributed by atoms with Gasteiger partial charge in [0.25, 0.3) is 0 Å². The Labute approximate surface area is 158 Å². The van der Waals surface area contributed by atoms with Gasteiger partial charge in [-0.1, -0.05) is 53.5 Å². The van der Waals surface area contributed by atoms with Crippen molar-refractivity contribution < 1.29 is 19.1 Å². The maximum absolute atomic E-state index is 12.5. The van der Waals surface area contributed by atoms with Crippen LogP contribution >= 0.6 is 0 Å². The summed E-state index contributed by atoms with van der Waals surface area (Å²) in [5.41, 5.74) is 0.773. The van der Waals surface area contributed by atoms with Gasteiger partial charge in [-0.15, -0.1) is 0 Å². The fourth-order valence-corrected chi connectivity index (χ4v) is 2.78. The minimum atomic E-state index is -0.408. The average molecular weight is 363 g/mol. The normalized spacial score (nSPS) is 12.3. The largest absolute Gasteiger partial charge is 0.462 e. The van der Waals surface area contributed by atoms with Gasteiger partial charge in [-0.25, -0.2) is 9.59 Å². The summed E-state index contributed by atoms with van der Waals surface area (Å²) < 4.78 is 10.9. The summed E-state index contributed by atoms with van der Waals surface area (Å²) in [5.74, 6) is 0.170. The predicted octanol–water partition coefficient (Wildman–Crippen LogP) is 5.65. The van der Waals surface area contributed by atoms with Crippen LogP contribution < -0.4 is 0 Å². The van der Waals surface area contributed by atoms with E-state index in [1.807, 2.05) is 20.8 Å². The first-order chi connectivity index (χ1) is 12.4. The molecule has 26 heavy (non-hydrogen) atoms. The van der Waals surface area contributed by atoms with Crippen LogP contribution in [0.25, 0.3) is 0 Å². The van der Waals surface area contributed by atoms with Crippen molar-refractivity contribution in [2.45, 2.75) is 72.8 Å². The zero-order chi connectivity index (χ0) is 19.5. The summed E-state index contributed by atoms with van der Waals surface area (Å²) in [5, 5.41) is 0. The molecule has 0 saturated heterocycles. The molecular weight excluding hydrogens is 328 g/mol. The van der Waals surface area contributed by atoms with Gasteiger partial charge in [-0.3, -0.25) is 0 Å². The summed E-state index contributed by atoms with van der Waals surface area (Å²) >= 11 is 0. The first-order valence-corrected chi connectivity index (χ1v) is 9.89. The highest BCUT2D eigenvalue weighted by atomic mass is 16.5. The zero-order valence-corrected chi connectivity index (χ0v) is 16.9. The first kappa shape index (κ1) is 22.2. The van der Waals surface area contributed by atoms with Gasteiger partial charge in [0.1, 0.15) is 6.10 Å². The summed E-state index contributed by atoms with van der Waals surface area (Å²) in [7, 11) is 0. The number of esters is 2. The summed E-state index contributed by atoms with van der Waals surface area (Å²) in [6.45, 7) is 10.8. The third-order valence-electron chi connectivity index (χ3n) is 4.66. The van der Waals surface area contributed by atoms with E-state index in [1.165, 1.54) is 0 Å². The molecule has 1 aromatic rings. The van der Waals surface area contributed by atoms with Gasteiger partial charge < -0.3 is 9.47 Å². The molecule has 0 N–H and O–H groups in total. The fourth-order valence-electron chi connectivity index (χ4n) is 2.78. The minimum Gasteiger partial charge on any atom is -0.462 e. The van der Waals surface area contributed by atoms with Crippen molar-refractivity contribution in [3.8, 4) is 0 Å². The van der Waals surface area contributed by atoms with Gasteiger partial charge in [-0.2, -0.15) is 0 Å². The smallest absolute Gasteiger partial charge is 0.338 e. The molecule has 4 nitrogen and oxygen atoms in total. The molecule has 1 rings (SSSR count). The van der Waals surface area contributed by atoms with Gasteiger partial charge in [0.2, 0.25) is 0 Å². The van der Waals surface area contributed by atoms with Crippen molar-refractivity contribution in [2.24, 2.45) is 11.8 Å². The van der Waals surface area contributed by atoms with E-state index < -0.39 is 5.97 Å². The van der Waals surface area contributed by atoms with Gasteiger partial charge in [-0.05, 0) is 49.3 Å². The minimum absolute atomic E-state index is 0.0837. The van der Waals surface area contributed by atoms with Crippen LogP contribution in [0.1, 0.15) is 87.4 Å². The Morgan fingerprint density at radius 3 is 2.08 bits per heavy atom. The molecule has 0 aliphatic rings. The monoisotopic (exact) mass is 362 g/mol. The van der Waals surface area contributed by atoms with E-state index in [0.717, 1.165) is 32.1 Å². The highest BCUT2D eigenvalue weighted by Gasteiger charge is 2.18. The molecule has 4 heteroatoms. The van der Waals surface area contributed by atoms with Crippen molar-refractivity contribution in [3.63, 3.8) is 0 Å². The average Bonchev–Trinajstić information content (AvgIpc) is 2.65. The van der Waals surface area contributed by atoms with Crippen LogP contribution in [0.15, 0.2) is 24.3 Å². The lowest BCUT2D eigenvalue weighted by atomic mass is 9.95. The molecule has 0 radical (unpaired) electrons. The Morgan fingerprint density at radius 2 is 1.54 bits per heavy atom. The van der Waals surface area contributed by atoms with Gasteiger partial charge in [0, 0.05) is 0 Å². The zero-order valence-electron chi connectivity index (χ0n) is 16.9. The van der Waals surface area contributed by atoms with E-state index in [0.29, 0.717) is 23.7 Å². The summed E-state index contributed by atoms with van der Waals surface area (Å²) in [6.07, 6.45) is 4.97. The standard InChI is InChI=1S/C22H34O4/c1-6-17(7-2)12-13-20(8-3)26-22(24)19-11-9-10-18(14-19)21(23)25-15-16(4)5/h9-11,14,16-17,20H,6-8,12-13,15H2,1-5H3. The Hall–Kier alpha value is -1.84. The van der Waals surface area contributed by atoms with Crippen molar-refractivity contribution in [3.05, 3.63) is 35.4 Å². The highest BCUT2D eigenvalue weighted by Crippen LogP contribution is 2.20. The molecular formula is C22H34O4. The van der Waals surface area contributed by atoms with Crippen LogP contribution in [0, 0.1) is 11.8 Å². The second-order valence-electron chi connectivity index (χ2n) is 7.27. The Morgan fingerprint density at radius 1 is 0.923 bits per heavy atom. The fraction of sp³-hybridized carbons (Fsp3) is 0.636. The van der Waals surface area contributed by atoms with Crippen LogP contribution in [-0.4, -0.2) is 24.6 Å². The van der Waals surface area contributed by atoms with Gasteiger partial charge in [0.15, 0.2) is 0 Å². The van der Waals surface area contributed by atoms with Crippen molar-refractivity contribution in [1.29, 1.82) is 0 Å². The number of hydrogen-bond acceptors (Lipinski definition) is 4. The molecule has 1 aromatic carbocycles. The van der Waals surface area contributed by atoms with Gasteiger partial charge in [0.05, 0.1) is 17.7 Å². The molecule has 0 spiro atoms. The number of ether oxygens (including phenoxy) is 2. The first-order valence-electron chi connectivity index (χ1n) is 9.89. The Balaban J connectivity index is 2.68. The Bertz CT molecular complexity index is 561. The lowest BCUT2D eigenvalue weighted by Crippen LogP contribution is -2.19. The van der Waals surface area contributed by atoms with E-state index in [2.05, 4.69) is 13.8 Å². The lowest BCUT2D eigenvalue weighted by Gasteiger charge is -2.19. The summed E-state index contributed by atoms with van der Waals surface area (Å²) in [6, 6.07) is 6.57. The molecule has 0 saturated carbocycles. The van der Waals surface area contributed by atoms with Crippen LogP contribution in [0.5, 0.6) is 0 Å². The van der Waals surface area contributed by atoms with E-state index in [1.54, 1.807) is 24.3 Å². The number of rotatable bonds is 11. The van der Waals surface area contributed by atoms with Gasteiger partial charge >= 0.3 is 11.9 Å². The third kappa shape index (κ3) is 7.59. The molecule has 0 aliphatic heterocycles. The third-order valence-corrected chi connectivity index (χ3v) is 4.66. The van der Waals surface area contributed by atoms with E-state index in [9.17, 15) is 9.59 Å². The second-order valence-corrected chi connectivity index (χ2v) is 7.27. The van der Waals surface area contributed by atoms with Crippen molar-refractivity contribution >= 4 is 11.9 Å². The quantitative estimate of drug-likeness (QED) is 0.477. The van der Waals surface area contributed by atoms with Crippen molar-refractivity contribution in [1.82, 2.24) is 0 Å². The maximum Gasteiger partial charge on any atom is 0.338 e. The molecule has 1 atom stereocenters. The maximum atomic E-state index is 12.5. The van der Waals surface area contributed by atoms with E-state index >= 15 is 0 Å². The Kier molecular flexibility index (Phi) is 10.0. The molecule has 0 heterocycles. The summed E-state index contributed by atoms with van der Waals surface area (Å²) in [4.78, 5) is 24.5. The van der Waals surface area contributed by atoms with E-state index in [4.69, 9.17) is 9.47 Å². The van der Waals surface area contributed by atoms with Crippen molar-refractivity contribution in [2.75, 3.05) is 6.61 Å². The molecule has 0 bridgehead atoms. The number of carbonyl (C=O) groups excluding carboxylic acids is 2. The van der Waals surface area contributed by atoms with Crippen LogP contribution in [-0.2, 0) is 9.47 Å². The molecule has 0 amide bonds. The molecule has 0 aromatic heterocycles.